The third-order valence-electron chi connectivity index (χ3n) is 3.33. The summed E-state index contributed by atoms with van der Waals surface area (Å²) in [4.78, 5) is 2.11. The van der Waals surface area contributed by atoms with Gasteiger partial charge >= 0.3 is 0 Å². The quantitative estimate of drug-likeness (QED) is 0.658. The molecule has 1 heterocycles. The molecule has 1 fully saturated rings. The predicted molar refractivity (Wildman–Crippen MR) is 73.2 cm³/mol. The van der Waals surface area contributed by atoms with Gasteiger partial charge in [-0.1, -0.05) is 6.42 Å². The molecule has 0 aromatic carbocycles. The summed E-state index contributed by atoms with van der Waals surface area (Å²) < 4.78 is 30.8. The lowest BCUT2D eigenvalue weighted by Crippen LogP contribution is -2.38. The molecule has 1 rings (SSSR count). The van der Waals surface area contributed by atoms with Crippen LogP contribution in [0.15, 0.2) is 0 Å². The fourth-order valence-electron chi connectivity index (χ4n) is 2.15. The number of hydrogen-bond acceptors (Lipinski definition) is 4. The highest BCUT2D eigenvalue weighted by molar-refractivity contribution is 7.89. The summed E-state index contributed by atoms with van der Waals surface area (Å²) >= 11 is 0. The number of ether oxygens (including phenoxy) is 1. The lowest BCUT2D eigenvalue weighted by Gasteiger charge is -2.26. The Kier molecular flexibility index (Phi) is 7.14. The Morgan fingerprint density at radius 2 is 1.83 bits per heavy atom. The van der Waals surface area contributed by atoms with Gasteiger partial charge in [-0.2, -0.15) is 0 Å². The van der Waals surface area contributed by atoms with E-state index >= 15 is 0 Å². The second-order valence-electron chi connectivity index (χ2n) is 4.93. The molecular weight excluding hydrogens is 252 g/mol. The van der Waals surface area contributed by atoms with Crippen LogP contribution in [0.4, 0.5) is 0 Å². The fraction of sp³-hybridized carbons (Fsp3) is 1.00. The summed E-state index contributed by atoms with van der Waals surface area (Å²) in [5.74, 6) is 0.268. The molecule has 0 spiro atoms. The number of sulfonamides is 1. The molecule has 0 amide bonds. The van der Waals surface area contributed by atoms with E-state index in [1.807, 2.05) is 7.05 Å². The minimum absolute atomic E-state index is 0.268. The SMILES string of the molecule is COCCN(C)CCCS(=O)(=O)N1CCCCC1. The topological polar surface area (TPSA) is 49.9 Å². The molecule has 0 saturated carbocycles. The van der Waals surface area contributed by atoms with Crippen molar-refractivity contribution in [1.29, 1.82) is 0 Å². The van der Waals surface area contributed by atoms with Gasteiger partial charge in [0.25, 0.3) is 0 Å². The summed E-state index contributed by atoms with van der Waals surface area (Å²) in [7, 11) is 0.644. The van der Waals surface area contributed by atoms with E-state index in [9.17, 15) is 8.42 Å². The van der Waals surface area contributed by atoms with E-state index in [-0.39, 0.29) is 5.75 Å². The van der Waals surface area contributed by atoms with Crippen molar-refractivity contribution < 1.29 is 13.2 Å². The van der Waals surface area contributed by atoms with Gasteiger partial charge in [0.1, 0.15) is 0 Å². The maximum atomic E-state index is 12.1. The van der Waals surface area contributed by atoms with Crippen molar-refractivity contribution in [3.05, 3.63) is 0 Å². The van der Waals surface area contributed by atoms with Crippen LogP contribution in [0.1, 0.15) is 25.7 Å². The molecule has 18 heavy (non-hydrogen) atoms. The summed E-state index contributed by atoms with van der Waals surface area (Å²) in [5.41, 5.74) is 0. The largest absolute Gasteiger partial charge is 0.383 e. The average Bonchev–Trinajstić information content (AvgIpc) is 2.37. The molecule has 6 heteroatoms. The Labute approximate surface area is 111 Å². The second-order valence-corrected chi connectivity index (χ2v) is 7.01. The first-order valence-corrected chi connectivity index (χ1v) is 8.32. The molecule has 1 aliphatic heterocycles. The first-order valence-electron chi connectivity index (χ1n) is 6.71. The first kappa shape index (κ1) is 15.9. The molecule has 0 bridgehead atoms. The molecular formula is C12H26N2O3S. The third kappa shape index (κ3) is 5.65. The van der Waals surface area contributed by atoms with Gasteiger partial charge in [0, 0.05) is 26.7 Å². The molecule has 0 radical (unpaired) electrons. The number of hydrogen-bond donors (Lipinski definition) is 0. The van der Waals surface area contributed by atoms with Crippen LogP contribution in [0, 0.1) is 0 Å². The zero-order valence-corrected chi connectivity index (χ0v) is 12.4. The van der Waals surface area contributed by atoms with E-state index in [0.29, 0.717) is 26.1 Å². The predicted octanol–water partition coefficient (Wildman–Crippen LogP) is 0.770. The van der Waals surface area contributed by atoms with Crippen molar-refractivity contribution in [2.24, 2.45) is 0 Å². The number of methoxy groups -OCH3 is 1. The monoisotopic (exact) mass is 278 g/mol. The normalized spacial score (nSPS) is 18.4. The van der Waals surface area contributed by atoms with Gasteiger partial charge in [0.05, 0.1) is 12.4 Å². The van der Waals surface area contributed by atoms with Crippen LogP contribution in [0.2, 0.25) is 0 Å². The Morgan fingerprint density at radius 1 is 1.17 bits per heavy atom. The zero-order valence-electron chi connectivity index (χ0n) is 11.6. The van der Waals surface area contributed by atoms with E-state index in [0.717, 1.165) is 32.4 Å². The van der Waals surface area contributed by atoms with E-state index in [1.54, 1.807) is 11.4 Å². The summed E-state index contributed by atoms with van der Waals surface area (Å²) in [6.45, 7) is 3.76. The van der Waals surface area contributed by atoms with Crippen LogP contribution >= 0.6 is 0 Å². The molecule has 0 aromatic heterocycles. The first-order chi connectivity index (χ1) is 8.56. The molecule has 0 unspecified atom stereocenters. The summed E-state index contributed by atoms with van der Waals surface area (Å²) in [6.07, 6.45) is 3.87. The fourth-order valence-corrected chi connectivity index (χ4v) is 3.71. The van der Waals surface area contributed by atoms with E-state index in [2.05, 4.69) is 4.90 Å². The lowest BCUT2D eigenvalue weighted by molar-refractivity contribution is 0.161. The number of likely N-dealkylation sites (N-methyl/N-ethyl adjacent to an activating group) is 1. The van der Waals surface area contributed by atoms with Gasteiger partial charge in [-0.25, -0.2) is 12.7 Å². The average molecular weight is 278 g/mol. The number of nitrogens with zero attached hydrogens (tertiary/aromatic N) is 2. The maximum absolute atomic E-state index is 12.1. The smallest absolute Gasteiger partial charge is 0.214 e. The Balaban J connectivity index is 2.24. The van der Waals surface area contributed by atoms with Gasteiger partial charge < -0.3 is 9.64 Å². The highest BCUT2D eigenvalue weighted by Gasteiger charge is 2.23. The van der Waals surface area contributed by atoms with Crippen molar-refractivity contribution in [2.45, 2.75) is 25.7 Å². The summed E-state index contributed by atoms with van der Waals surface area (Å²) in [6, 6.07) is 0. The Morgan fingerprint density at radius 3 is 2.44 bits per heavy atom. The van der Waals surface area contributed by atoms with Gasteiger partial charge in [0.2, 0.25) is 10.0 Å². The standard InChI is InChI=1S/C12H26N2O3S/c1-13(10-11-17-2)7-6-12-18(15,16)14-8-4-3-5-9-14/h3-12H2,1-2H3. The van der Waals surface area contributed by atoms with E-state index < -0.39 is 10.0 Å². The Bertz CT molecular complexity index is 313. The molecule has 108 valence electrons. The number of piperidine rings is 1. The minimum atomic E-state index is -3.02. The van der Waals surface area contributed by atoms with Gasteiger partial charge in [0.15, 0.2) is 0 Å². The van der Waals surface area contributed by atoms with E-state index in [1.165, 1.54) is 0 Å². The van der Waals surface area contributed by atoms with Crippen molar-refractivity contribution in [1.82, 2.24) is 9.21 Å². The molecule has 0 aliphatic carbocycles. The molecule has 0 N–H and O–H groups in total. The Hall–Kier alpha value is -0.170. The van der Waals surface area contributed by atoms with Crippen molar-refractivity contribution >= 4 is 10.0 Å². The van der Waals surface area contributed by atoms with Gasteiger partial charge in [-0.15, -0.1) is 0 Å². The van der Waals surface area contributed by atoms with Crippen LogP contribution < -0.4 is 0 Å². The second kappa shape index (κ2) is 8.09. The number of rotatable bonds is 8. The minimum Gasteiger partial charge on any atom is -0.383 e. The van der Waals surface area contributed by atoms with Crippen LogP contribution in [0.5, 0.6) is 0 Å². The van der Waals surface area contributed by atoms with E-state index in [4.69, 9.17) is 4.74 Å². The van der Waals surface area contributed by atoms with Crippen molar-refractivity contribution in [3.8, 4) is 0 Å². The zero-order chi connectivity index (χ0) is 13.4. The van der Waals surface area contributed by atoms with Crippen molar-refractivity contribution in [2.75, 3.05) is 52.7 Å². The van der Waals surface area contributed by atoms with Crippen LogP contribution in [0.3, 0.4) is 0 Å². The lowest BCUT2D eigenvalue weighted by atomic mass is 10.2. The van der Waals surface area contributed by atoms with Crippen LogP contribution in [0.25, 0.3) is 0 Å². The molecule has 1 aliphatic rings. The van der Waals surface area contributed by atoms with Crippen molar-refractivity contribution in [3.63, 3.8) is 0 Å². The van der Waals surface area contributed by atoms with Crippen LogP contribution in [-0.2, 0) is 14.8 Å². The van der Waals surface area contributed by atoms with Gasteiger partial charge in [-0.3, -0.25) is 0 Å². The molecule has 1 saturated heterocycles. The third-order valence-corrected chi connectivity index (χ3v) is 5.28. The van der Waals surface area contributed by atoms with Crippen LogP contribution in [-0.4, -0.2) is 70.3 Å². The highest BCUT2D eigenvalue weighted by Crippen LogP contribution is 2.13. The van der Waals surface area contributed by atoms with Gasteiger partial charge in [-0.05, 0) is 32.9 Å². The molecule has 0 aromatic rings. The maximum Gasteiger partial charge on any atom is 0.214 e. The highest BCUT2D eigenvalue weighted by atomic mass is 32.2. The molecule has 0 atom stereocenters. The summed E-state index contributed by atoms with van der Waals surface area (Å²) in [5, 5.41) is 0. The molecule has 5 nitrogen and oxygen atoms in total.